The molecule has 2 rings (SSSR count). The predicted molar refractivity (Wildman–Crippen MR) is 61.3 cm³/mol. The molecule has 0 bridgehead atoms. The maximum Gasteiger partial charge on any atom is 0.123 e. The van der Waals surface area contributed by atoms with E-state index in [1.165, 1.54) is 12.1 Å². The molecule has 82 valence electrons. The summed E-state index contributed by atoms with van der Waals surface area (Å²) in [5, 5.41) is 0. The van der Waals surface area contributed by atoms with Crippen LogP contribution in [0.15, 0.2) is 48.8 Å². The SMILES string of the molecule is CC(N)(c1ccncc1)c1cccc(F)c1. The summed E-state index contributed by atoms with van der Waals surface area (Å²) < 4.78 is 13.1. The van der Waals surface area contributed by atoms with E-state index < -0.39 is 5.54 Å². The van der Waals surface area contributed by atoms with Crippen LogP contribution in [0.5, 0.6) is 0 Å². The Morgan fingerprint density at radius 1 is 1.12 bits per heavy atom. The predicted octanol–water partition coefficient (Wildman–Crippen LogP) is 2.44. The van der Waals surface area contributed by atoms with Crippen molar-refractivity contribution in [2.24, 2.45) is 5.73 Å². The molecular formula is C13H13FN2. The zero-order chi connectivity index (χ0) is 11.6. The quantitative estimate of drug-likeness (QED) is 0.837. The van der Waals surface area contributed by atoms with Gasteiger partial charge in [-0.1, -0.05) is 12.1 Å². The summed E-state index contributed by atoms with van der Waals surface area (Å²) in [6.45, 7) is 1.86. The van der Waals surface area contributed by atoms with Crippen molar-refractivity contribution in [2.75, 3.05) is 0 Å². The van der Waals surface area contributed by atoms with Crippen molar-refractivity contribution in [3.63, 3.8) is 0 Å². The molecule has 3 heteroatoms. The monoisotopic (exact) mass is 216 g/mol. The van der Waals surface area contributed by atoms with Crippen LogP contribution in [0.3, 0.4) is 0 Å². The largest absolute Gasteiger partial charge is 0.318 e. The normalized spacial score (nSPS) is 14.4. The van der Waals surface area contributed by atoms with Crippen LogP contribution in [0.4, 0.5) is 4.39 Å². The number of benzene rings is 1. The van der Waals surface area contributed by atoms with Crippen LogP contribution in [0.25, 0.3) is 0 Å². The topological polar surface area (TPSA) is 38.9 Å². The summed E-state index contributed by atoms with van der Waals surface area (Å²) in [4.78, 5) is 3.94. The van der Waals surface area contributed by atoms with Crippen molar-refractivity contribution in [2.45, 2.75) is 12.5 Å². The van der Waals surface area contributed by atoms with Crippen LogP contribution in [0, 0.1) is 5.82 Å². The van der Waals surface area contributed by atoms with Gasteiger partial charge < -0.3 is 5.73 Å². The van der Waals surface area contributed by atoms with Gasteiger partial charge in [0, 0.05) is 12.4 Å². The Morgan fingerprint density at radius 2 is 1.81 bits per heavy atom. The van der Waals surface area contributed by atoms with Crippen molar-refractivity contribution >= 4 is 0 Å². The lowest BCUT2D eigenvalue weighted by atomic mass is 9.86. The molecule has 2 N–H and O–H groups in total. The molecule has 0 amide bonds. The lowest BCUT2D eigenvalue weighted by Gasteiger charge is -2.25. The molecule has 1 atom stereocenters. The summed E-state index contributed by atoms with van der Waals surface area (Å²) in [5.74, 6) is -0.275. The molecule has 2 aromatic rings. The Kier molecular flexibility index (Phi) is 2.71. The number of rotatable bonds is 2. The van der Waals surface area contributed by atoms with Crippen LogP contribution in [0.1, 0.15) is 18.1 Å². The Labute approximate surface area is 93.9 Å². The number of nitrogens with two attached hydrogens (primary N) is 1. The molecule has 1 unspecified atom stereocenters. The Bertz CT molecular complexity index is 480. The van der Waals surface area contributed by atoms with Crippen molar-refractivity contribution in [3.8, 4) is 0 Å². The van der Waals surface area contributed by atoms with E-state index in [1.54, 1.807) is 18.5 Å². The minimum absolute atomic E-state index is 0.275. The van der Waals surface area contributed by atoms with Gasteiger partial charge in [0.25, 0.3) is 0 Å². The van der Waals surface area contributed by atoms with Gasteiger partial charge in [-0.2, -0.15) is 0 Å². The van der Waals surface area contributed by atoms with Crippen molar-refractivity contribution < 1.29 is 4.39 Å². The standard InChI is InChI=1S/C13H13FN2/c1-13(15,10-5-7-16-8-6-10)11-3-2-4-12(14)9-11/h2-9H,15H2,1H3. The maximum absolute atomic E-state index is 13.1. The van der Waals surface area contributed by atoms with Gasteiger partial charge in [-0.05, 0) is 42.3 Å². The summed E-state index contributed by atoms with van der Waals surface area (Å²) in [6, 6.07) is 10.0. The van der Waals surface area contributed by atoms with E-state index in [4.69, 9.17) is 5.73 Å². The average Bonchev–Trinajstić information content (AvgIpc) is 2.30. The van der Waals surface area contributed by atoms with Gasteiger partial charge in [-0.25, -0.2) is 4.39 Å². The second-order valence-electron chi connectivity index (χ2n) is 3.95. The maximum atomic E-state index is 13.1. The van der Waals surface area contributed by atoms with E-state index in [2.05, 4.69) is 4.98 Å². The second kappa shape index (κ2) is 4.02. The molecule has 0 fully saturated rings. The van der Waals surface area contributed by atoms with Crippen LogP contribution >= 0.6 is 0 Å². The third-order valence-corrected chi connectivity index (χ3v) is 2.70. The van der Waals surface area contributed by atoms with Crippen LogP contribution in [-0.2, 0) is 5.54 Å². The number of halogens is 1. The third kappa shape index (κ3) is 1.95. The summed E-state index contributed by atoms with van der Waals surface area (Å²) in [7, 11) is 0. The molecular weight excluding hydrogens is 203 g/mol. The van der Waals surface area contributed by atoms with Gasteiger partial charge in [-0.15, -0.1) is 0 Å². The highest BCUT2D eigenvalue weighted by Crippen LogP contribution is 2.26. The van der Waals surface area contributed by atoms with Crippen molar-refractivity contribution in [1.82, 2.24) is 4.98 Å². The molecule has 1 heterocycles. The van der Waals surface area contributed by atoms with Gasteiger partial charge in [-0.3, -0.25) is 4.98 Å². The van der Waals surface area contributed by atoms with Gasteiger partial charge in [0.05, 0.1) is 5.54 Å². The Morgan fingerprint density at radius 3 is 2.44 bits per heavy atom. The van der Waals surface area contributed by atoms with E-state index in [0.717, 1.165) is 11.1 Å². The summed E-state index contributed by atoms with van der Waals surface area (Å²) >= 11 is 0. The van der Waals surface area contributed by atoms with E-state index in [1.807, 2.05) is 25.1 Å². The summed E-state index contributed by atoms with van der Waals surface area (Å²) in [5.41, 5.74) is 7.19. The highest BCUT2D eigenvalue weighted by molar-refractivity contribution is 5.35. The second-order valence-corrected chi connectivity index (χ2v) is 3.95. The van der Waals surface area contributed by atoms with Gasteiger partial charge in [0.2, 0.25) is 0 Å². The first-order chi connectivity index (χ1) is 7.60. The van der Waals surface area contributed by atoms with E-state index in [-0.39, 0.29) is 5.82 Å². The van der Waals surface area contributed by atoms with Crippen LogP contribution in [-0.4, -0.2) is 4.98 Å². The highest BCUT2D eigenvalue weighted by Gasteiger charge is 2.23. The van der Waals surface area contributed by atoms with Gasteiger partial charge in [0.15, 0.2) is 0 Å². The fourth-order valence-electron chi connectivity index (χ4n) is 1.68. The highest BCUT2D eigenvalue weighted by atomic mass is 19.1. The zero-order valence-electron chi connectivity index (χ0n) is 9.02. The first kappa shape index (κ1) is 10.8. The first-order valence-corrected chi connectivity index (χ1v) is 5.06. The first-order valence-electron chi connectivity index (χ1n) is 5.06. The lowest BCUT2D eigenvalue weighted by Crippen LogP contribution is -2.34. The minimum atomic E-state index is -0.703. The Balaban J connectivity index is 2.47. The molecule has 0 radical (unpaired) electrons. The van der Waals surface area contributed by atoms with Crippen LogP contribution < -0.4 is 5.73 Å². The molecule has 1 aromatic carbocycles. The van der Waals surface area contributed by atoms with Crippen molar-refractivity contribution in [3.05, 3.63) is 65.7 Å². The molecule has 0 aliphatic carbocycles. The fourth-order valence-corrected chi connectivity index (χ4v) is 1.68. The number of nitrogens with zero attached hydrogens (tertiary/aromatic N) is 1. The summed E-state index contributed by atoms with van der Waals surface area (Å²) in [6.07, 6.45) is 3.36. The minimum Gasteiger partial charge on any atom is -0.318 e. The number of aromatic nitrogens is 1. The molecule has 16 heavy (non-hydrogen) atoms. The molecule has 0 saturated heterocycles. The molecule has 1 aromatic heterocycles. The van der Waals surface area contributed by atoms with Crippen molar-refractivity contribution in [1.29, 1.82) is 0 Å². The molecule has 0 saturated carbocycles. The number of pyridine rings is 1. The fraction of sp³-hybridized carbons (Fsp3) is 0.154. The smallest absolute Gasteiger partial charge is 0.123 e. The van der Waals surface area contributed by atoms with E-state index in [9.17, 15) is 4.39 Å². The van der Waals surface area contributed by atoms with Gasteiger partial charge >= 0.3 is 0 Å². The molecule has 2 nitrogen and oxygen atoms in total. The van der Waals surface area contributed by atoms with Crippen LogP contribution in [0.2, 0.25) is 0 Å². The molecule has 0 aliphatic rings. The van der Waals surface area contributed by atoms with E-state index in [0.29, 0.717) is 0 Å². The molecule has 0 spiro atoms. The lowest BCUT2D eigenvalue weighted by molar-refractivity contribution is 0.581. The Hall–Kier alpha value is -1.74. The number of hydrogen-bond acceptors (Lipinski definition) is 2. The number of hydrogen-bond donors (Lipinski definition) is 1. The van der Waals surface area contributed by atoms with E-state index >= 15 is 0 Å². The average molecular weight is 216 g/mol. The third-order valence-electron chi connectivity index (χ3n) is 2.70. The van der Waals surface area contributed by atoms with Gasteiger partial charge in [0.1, 0.15) is 5.82 Å². The zero-order valence-corrected chi connectivity index (χ0v) is 9.02. The molecule has 0 aliphatic heterocycles.